The molecule has 1 heterocycles. The molecule has 0 aliphatic rings. The van der Waals surface area contributed by atoms with Crippen molar-refractivity contribution in [3.05, 3.63) is 89.2 Å². The molecule has 3 aromatic rings. The van der Waals surface area contributed by atoms with Gasteiger partial charge in [0.05, 0.1) is 0 Å². The first-order chi connectivity index (χ1) is 12.7. The maximum absolute atomic E-state index is 11.9. The van der Waals surface area contributed by atoms with Crippen LogP contribution in [0, 0.1) is 0 Å². The third-order valence-electron chi connectivity index (χ3n) is 3.59. The number of hydrogen-bond donors (Lipinski definition) is 2. The standard InChI is InChI=1S/C20H18ClN3O2/c21-17-4-1-5-19(11-17)26-14-15-6-8-18(9-7-15)24-20(25)23-13-16-3-2-10-22-12-16/h1-12H,13-14H2,(H2,23,24,25). The molecule has 1 aromatic heterocycles. The first-order valence-corrected chi connectivity index (χ1v) is 8.48. The lowest BCUT2D eigenvalue weighted by molar-refractivity contribution is 0.251. The van der Waals surface area contributed by atoms with Crippen molar-refractivity contribution < 1.29 is 9.53 Å². The Morgan fingerprint density at radius 3 is 2.62 bits per heavy atom. The molecule has 0 atom stereocenters. The van der Waals surface area contributed by atoms with E-state index in [-0.39, 0.29) is 6.03 Å². The molecule has 0 radical (unpaired) electrons. The van der Waals surface area contributed by atoms with Crippen LogP contribution in [0.1, 0.15) is 11.1 Å². The minimum absolute atomic E-state index is 0.267. The fraction of sp³-hybridized carbons (Fsp3) is 0.100. The molecular formula is C20H18ClN3O2. The molecule has 0 spiro atoms. The lowest BCUT2D eigenvalue weighted by Crippen LogP contribution is -2.28. The highest BCUT2D eigenvalue weighted by atomic mass is 35.5. The number of rotatable bonds is 6. The first-order valence-electron chi connectivity index (χ1n) is 8.10. The highest BCUT2D eigenvalue weighted by Gasteiger charge is 2.03. The first kappa shape index (κ1) is 17.8. The fourth-order valence-corrected chi connectivity index (χ4v) is 2.45. The van der Waals surface area contributed by atoms with Gasteiger partial charge in [0.25, 0.3) is 0 Å². The maximum Gasteiger partial charge on any atom is 0.319 e. The van der Waals surface area contributed by atoms with Gasteiger partial charge in [0, 0.05) is 29.6 Å². The number of carbonyl (C=O) groups excluding carboxylic acids is 1. The van der Waals surface area contributed by atoms with Crippen LogP contribution >= 0.6 is 11.6 Å². The molecule has 0 saturated heterocycles. The summed E-state index contributed by atoms with van der Waals surface area (Å²) in [6.07, 6.45) is 3.41. The van der Waals surface area contributed by atoms with Crippen molar-refractivity contribution in [3.8, 4) is 5.75 Å². The maximum atomic E-state index is 11.9. The second-order valence-corrected chi connectivity index (χ2v) is 6.05. The van der Waals surface area contributed by atoms with Gasteiger partial charge in [-0.15, -0.1) is 0 Å². The summed E-state index contributed by atoms with van der Waals surface area (Å²) in [5, 5.41) is 6.22. The minimum Gasteiger partial charge on any atom is -0.489 e. The van der Waals surface area contributed by atoms with Crippen LogP contribution in [0.2, 0.25) is 5.02 Å². The highest BCUT2D eigenvalue weighted by molar-refractivity contribution is 6.30. The Bertz CT molecular complexity index is 854. The van der Waals surface area contributed by atoms with Gasteiger partial charge in [0.1, 0.15) is 12.4 Å². The highest BCUT2D eigenvalue weighted by Crippen LogP contribution is 2.19. The number of halogens is 1. The van der Waals surface area contributed by atoms with Crippen molar-refractivity contribution in [1.29, 1.82) is 0 Å². The number of hydrogen-bond acceptors (Lipinski definition) is 3. The molecule has 6 heteroatoms. The predicted molar refractivity (Wildman–Crippen MR) is 102 cm³/mol. The molecule has 0 unspecified atom stereocenters. The summed E-state index contributed by atoms with van der Waals surface area (Å²) in [6, 6.07) is 18.2. The Morgan fingerprint density at radius 2 is 1.88 bits per heavy atom. The van der Waals surface area contributed by atoms with Crippen LogP contribution in [0.4, 0.5) is 10.5 Å². The fourth-order valence-electron chi connectivity index (χ4n) is 2.27. The quantitative estimate of drug-likeness (QED) is 0.667. The smallest absolute Gasteiger partial charge is 0.319 e. The van der Waals surface area contributed by atoms with Crippen LogP contribution in [-0.2, 0) is 13.2 Å². The molecule has 0 aliphatic carbocycles. The van der Waals surface area contributed by atoms with Crippen molar-refractivity contribution in [1.82, 2.24) is 10.3 Å². The molecule has 132 valence electrons. The lowest BCUT2D eigenvalue weighted by Gasteiger charge is -2.09. The molecule has 3 rings (SSSR count). The van der Waals surface area contributed by atoms with Gasteiger partial charge in [-0.25, -0.2) is 4.79 Å². The number of urea groups is 1. The summed E-state index contributed by atoms with van der Waals surface area (Å²) in [6.45, 7) is 0.846. The molecule has 0 fully saturated rings. The van der Waals surface area contributed by atoms with E-state index in [1.807, 2.05) is 48.5 Å². The number of carbonyl (C=O) groups is 1. The summed E-state index contributed by atoms with van der Waals surface area (Å²) in [5.74, 6) is 0.717. The van der Waals surface area contributed by atoms with Crippen molar-refractivity contribution >= 4 is 23.3 Å². The Hall–Kier alpha value is -3.05. The number of pyridine rings is 1. The van der Waals surface area contributed by atoms with E-state index in [0.717, 1.165) is 16.9 Å². The van der Waals surface area contributed by atoms with Crippen LogP contribution in [0.25, 0.3) is 0 Å². The number of nitrogens with zero attached hydrogens (tertiary/aromatic N) is 1. The number of amides is 2. The van der Waals surface area contributed by atoms with Crippen molar-refractivity contribution in [3.63, 3.8) is 0 Å². The summed E-state index contributed by atoms with van der Waals surface area (Å²) in [7, 11) is 0. The number of anilines is 1. The van der Waals surface area contributed by atoms with E-state index in [9.17, 15) is 4.79 Å². The zero-order chi connectivity index (χ0) is 18.2. The van der Waals surface area contributed by atoms with Gasteiger partial charge in [-0.1, -0.05) is 35.9 Å². The van der Waals surface area contributed by atoms with Gasteiger partial charge in [-0.3, -0.25) is 4.98 Å². The summed E-state index contributed by atoms with van der Waals surface area (Å²) in [4.78, 5) is 15.9. The Labute approximate surface area is 157 Å². The second kappa shape index (κ2) is 8.87. The van der Waals surface area contributed by atoms with E-state index in [0.29, 0.717) is 23.9 Å². The van der Waals surface area contributed by atoms with E-state index in [4.69, 9.17) is 16.3 Å². The average molecular weight is 368 g/mol. The summed E-state index contributed by atoms with van der Waals surface area (Å²) in [5.41, 5.74) is 2.64. The van der Waals surface area contributed by atoms with E-state index < -0.39 is 0 Å². The zero-order valence-electron chi connectivity index (χ0n) is 14.0. The Kier molecular flexibility index (Phi) is 6.06. The molecule has 0 bridgehead atoms. The Morgan fingerprint density at radius 1 is 1.04 bits per heavy atom. The SMILES string of the molecule is O=C(NCc1cccnc1)Nc1ccc(COc2cccc(Cl)c2)cc1. The molecule has 26 heavy (non-hydrogen) atoms. The molecule has 2 amide bonds. The zero-order valence-corrected chi connectivity index (χ0v) is 14.7. The predicted octanol–water partition coefficient (Wildman–Crippen LogP) is 4.64. The van der Waals surface area contributed by atoms with Crippen LogP contribution in [-0.4, -0.2) is 11.0 Å². The molecular weight excluding hydrogens is 350 g/mol. The molecule has 5 nitrogen and oxygen atoms in total. The van der Waals surface area contributed by atoms with Crippen molar-refractivity contribution in [2.75, 3.05) is 5.32 Å². The molecule has 2 N–H and O–H groups in total. The monoisotopic (exact) mass is 367 g/mol. The van der Waals surface area contributed by atoms with Crippen LogP contribution in [0.5, 0.6) is 5.75 Å². The van der Waals surface area contributed by atoms with Gasteiger partial charge in [0.15, 0.2) is 0 Å². The average Bonchev–Trinajstić information content (AvgIpc) is 2.67. The molecule has 2 aromatic carbocycles. The van der Waals surface area contributed by atoms with Crippen LogP contribution in [0.15, 0.2) is 73.1 Å². The molecule has 0 aliphatic heterocycles. The van der Waals surface area contributed by atoms with Crippen LogP contribution in [0.3, 0.4) is 0 Å². The third kappa shape index (κ3) is 5.50. The number of benzene rings is 2. The normalized spacial score (nSPS) is 10.2. The van der Waals surface area contributed by atoms with Gasteiger partial charge in [0.2, 0.25) is 0 Å². The lowest BCUT2D eigenvalue weighted by atomic mass is 10.2. The van der Waals surface area contributed by atoms with Crippen LogP contribution < -0.4 is 15.4 Å². The van der Waals surface area contributed by atoms with E-state index in [1.165, 1.54) is 0 Å². The van der Waals surface area contributed by atoms with Gasteiger partial charge in [-0.05, 0) is 47.5 Å². The van der Waals surface area contributed by atoms with Crippen molar-refractivity contribution in [2.24, 2.45) is 0 Å². The Balaban J connectivity index is 1.47. The minimum atomic E-state index is -0.267. The second-order valence-electron chi connectivity index (χ2n) is 5.61. The molecule has 0 saturated carbocycles. The van der Waals surface area contributed by atoms with Gasteiger partial charge < -0.3 is 15.4 Å². The number of ether oxygens (including phenoxy) is 1. The van der Waals surface area contributed by atoms with Gasteiger partial charge >= 0.3 is 6.03 Å². The van der Waals surface area contributed by atoms with E-state index >= 15 is 0 Å². The number of nitrogens with one attached hydrogen (secondary N) is 2. The van der Waals surface area contributed by atoms with Crippen molar-refractivity contribution in [2.45, 2.75) is 13.2 Å². The summed E-state index contributed by atoms with van der Waals surface area (Å²) >= 11 is 5.93. The van der Waals surface area contributed by atoms with E-state index in [2.05, 4.69) is 15.6 Å². The van der Waals surface area contributed by atoms with Gasteiger partial charge in [-0.2, -0.15) is 0 Å². The topological polar surface area (TPSA) is 63.2 Å². The third-order valence-corrected chi connectivity index (χ3v) is 3.82. The van der Waals surface area contributed by atoms with E-state index in [1.54, 1.807) is 24.5 Å². The largest absolute Gasteiger partial charge is 0.489 e. The number of aromatic nitrogens is 1. The summed E-state index contributed by atoms with van der Waals surface area (Å²) < 4.78 is 5.69.